The van der Waals surface area contributed by atoms with E-state index in [1.165, 1.54) is 35.7 Å². The van der Waals surface area contributed by atoms with E-state index in [0.29, 0.717) is 40.7 Å². The zero-order chi connectivity index (χ0) is 28.7. The first-order valence-electron chi connectivity index (χ1n) is 12.9. The van der Waals surface area contributed by atoms with E-state index in [-0.39, 0.29) is 16.2 Å². The Hall–Kier alpha value is -4.22. The number of hydrogen-bond donors (Lipinski definition) is 2. The SMILES string of the molecule is O=C(O)c1csc(-n2nc(-c3ccc(F)c(-c4cccc(F)c4)c3)c(Cc3cccc([SH](=O)=O)c3)c2CC2CC2)n1. The van der Waals surface area contributed by atoms with Gasteiger partial charge in [0.15, 0.2) is 16.4 Å². The molecule has 0 bridgehead atoms. The largest absolute Gasteiger partial charge is 0.476 e. The molecule has 5 aromatic rings. The van der Waals surface area contributed by atoms with Crippen LogP contribution in [0.25, 0.3) is 27.5 Å². The van der Waals surface area contributed by atoms with Crippen LogP contribution in [0.1, 0.15) is 40.2 Å². The molecular formula is C30H23F2N3O4S2. The second kappa shape index (κ2) is 11.0. The van der Waals surface area contributed by atoms with Crippen LogP contribution in [0.15, 0.2) is 77.0 Å². The highest BCUT2D eigenvalue weighted by Gasteiger charge is 2.29. The van der Waals surface area contributed by atoms with E-state index in [1.54, 1.807) is 35.0 Å². The summed E-state index contributed by atoms with van der Waals surface area (Å²) in [6.07, 6.45) is 3.09. The summed E-state index contributed by atoms with van der Waals surface area (Å²) >= 11 is 1.15. The molecule has 208 valence electrons. The fourth-order valence-electron chi connectivity index (χ4n) is 4.86. The van der Waals surface area contributed by atoms with E-state index >= 15 is 4.39 Å². The Labute approximate surface area is 239 Å². The van der Waals surface area contributed by atoms with Crippen molar-refractivity contribution in [2.24, 2.45) is 5.92 Å². The first-order valence-corrected chi connectivity index (χ1v) is 14.9. The standard InChI is InChI=1S/C30H23F2N3O4S2/c31-21-5-2-4-19(14-21)23-15-20(9-10-25(23)32)28-24(12-18-3-1-6-22(11-18)41(38)39)27(13-17-7-8-17)35(34-28)30-33-26(16-40-30)29(36)37/h1-6,9-11,14-17,41H,7-8,12-13H2,(H,36,37). The third-order valence-corrected chi connectivity index (χ3v) is 8.55. The fraction of sp³-hybridized carbons (Fsp3) is 0.167. The van der Waals surface area contributed by atoms with Gasteiger partial charge in [-0.1, -0.05) is 24.3 Å². The summed E-state index contributed by atoms with van der Waals surface area (Å²) in [6.45, 7) is 0. The number of halogens is 2. The Morgan fingerprint density at radius 2 is 1.83 bits per heavy atom. The summed E-state index contributed by atoms with van der Waals surface area (Å²) in [5, 5.41) is 16.2. The maximum atomic E-state index is 15.0. The molecule has 0 aliphatic heterocycles. The number of carboxylic acids is 1. The van der Waals surface area contributed by atoms with Crippen molar-refractivity contribution in [1.29, 1.82) is 0 Å². The molecule has 41 heavy (non-hydrogen) atoms. The second-order valence-electron chi connectivity index (χ2n) is 9.96. The van der Waals surface area contributed by atoms with Gasteiger partial charge in [0.05, 0.1) is 16.3 Å². The number of carboxylic acid groups (broad SMARTS) is 1. The van der Waals surface area contributed by atoms with Crippen molar-refractivity contribution < 1.29 is 27.1 Å². The molecule has 0 atom stereocenters. The monoisotopic (exact) mass is 591 g/mol. The van der Waals surface area contributed by atoms with Crippen molar-refractivity contribution >= 4 is 28.0 Å². The van der Waals surface area contributed by atoms with Crippen molar-refractivity contribution in [3.8, 4) is 27.5 Å². The summed E-state index contributed by atoms with van der Waals surface area (Å²) in [5.74, 6) is -1.73. The molecule has 1 saturated carbocycles. The Bertz CT molecular complexity index is 1870. The van der Waals surface area contributed by atoms with Crippen LogP contribution >= 0.6 is 11.3 Å². The Balaban J connectivity index is 1.56. The number of aromatic nitrogens is 3. The van der Waals surface area contributed by atoms with Gasteiger partial charge in [-0.25, -0.2) is 31.7 Å². The molecule has 6 rings (SSSR count). The van der Waals surface area contributed by atoms with Crippen LogP contribution in [-0.4, -0.2) is 34.3 Å². The quantitative estimate of drug-likeness (QED) is 0.199. The third-order valence-electron chi connectivity index (χ3n) is 7.04. The topological polar surface area (TPSA) is 102 Å². The first-order chi connectivity index (χ1) is 19.8. The average molecular weight is 592 g/mol. The molecule has 3 aromatic carbocycles. The molecule has 2 aromatic heterocycles. The third kappa shape index (κ3) is 5.68. The highest BCUT2D eigenvalue weighted by atomic mass is 32.2. The van der Waals surface area contributed by atoms with E-state index in [0.717, 1.165) is 41.0 Å². The van der Waals surface area contributed by atoms with Gasteiger partial charge in [0.25, 0.3) is 0 Å². The van der Waals surface area contributed by atoms with Gasteiger partial charge < -0.3 is 5.11 Å². The van der Waals surface area contributed by atoms with Gasteiger partial charge in [-0.3, -0.25) is 0 Å². The minimum absolute atomic E-state index is 0.0944. The zero-order valence-electron chi connectivity index (χ0n) is 21.5. The fourth-order valence-corrected chi connectivity index (χ4v) is 6.11. The van der Waals surface area contributed by atoms with Crippen LogP contribution in [0.3, 0.4) is 0 Å². The molecule has 0 radical (unpaired) electrons. The average Bonchev–Trinajstić information content (AvgIpc) is 3.51. The molecule has 1 aliphatic rings. The number of nitrogens with zero attached hydrogens (tertiary/aromatic N) is 3. The minimum atomic E-state index is -2.78. The molecule has 2 heterocycles. The summed E-state index contributed by atoms with van der Waals surface area (Å²) < 4.78 is 54.1. The maximum absolute atomic E-state index is 15.0. The highest BCUT2D eigenvalue weighted by molar-refractivity contribution is 7.72. The Kier molecular flexibility index (Phi) is 7.22. The number of aromatic carboxylic acids is 1. The molecule has 0 amide bonds. The van der Waals surface area contributed by atoms with E-state index < -0.39 is 28.3 Å². The van der Waals surface area contributed by atoms with Crippen LogP contribution in [0.4, 0.5) is 8.78 Å². The van der Waals surface area contributed by atoms with Gasteiger partial charge in [-0.2, -0.15) is 5.10 Å². The molecule has 0 unspecified atom stereocenters. The van der Waals surface area contributed by atoms with Gasteiger partial charge in [0.1, 0.15) is 11.6 Å². The number of benzene rings is 3. The van der Waals surface area contributed by atoms with Crippen LogP contribution in [0.2, 0.25) is 0 Å². The number of thiol groups is 1. The lowest BCUT2D eigenvalue weighted by Crippen LogP contribution is -2.06. The molecule has 0 spiro atoms. The number of carbonyl (C=O) groups is 1. The van der Waals surface area contributed by atoms with Gasteiger partial charge >= 0.3 is 5.97 Å². The van der Waals surface area contributed by atoms with Crippen LogP contribution in [0, 0.1) is 17.6 Å². The van der Waals surface area contributed by atoms with Crippen molar-refractivity contribution in [3.05, 3.63) is 106 Å². The predicted octanol–water partition coefficient (Wildman–Crippen LogP) is 6.15. The van der Waals surface area contributed by atoms with E-state index in [4.69, 9.17) is 5.10 Å². The summed E-state index contributed by atoms with van der Waals surface area (Å²) in [4.78, 5) is 16.0. The lowest BCUT2D eigenvalue weighted by Gasteiger charge is -2.10. The van der Waals surface area contributed by atoms with E-state index in [2.05, 4.69) is 4.98 Å². The van der Waals surface area contributed by atoms with Crippen molar-refractivity contribution in [2.45, 2.75) is 30.6 Å². The normalized spacial score (nSPS) is 13.1. The predicted molar refractivity (Wildman–Crippen MR) is 151 cm³/mol. The molecule has 1 N–H and O–H groups in total. The lowest BCUT2D eigenvalue weighted by molar-refractivity contribution is 0.0691. The number of thiazole rings is 1. The van der Waals surface area contributed by atoms with E-state index in [1.807, 2.05) is 6.07 Å². The summed E-state index contributed by atoms with van der Waals surface area (Å²) in [6, 6.07) is 16.9. The Morgan fingerprint density at radius 1 is 1.02 bits per heavy atom. The first kappa shape index (κ1) is 27.0. The number of hydrogen-bond acceptors (Lipinski definition) is 6. The lowest BCUT2D eigenvalue weighted by atomic mass is 9.95. The van der Waals surface area contributed by atoms with Crippen molar-refractivity contribution in [2.75, 3.05) is 0 Å². The second-order valence-corrected chi connectivity index (χ2v) is 11.8. The molecule has 1 fully saturated rings. The molecule has 7 nitrogen and oxygen atoms in total. The number of rotatable bonds is 9. The van der Waals surface area contributed by atoms with Crippen LogP contribution in [-0.2, 0) is 23.5 Å². The summed E-state index contributed by atoms with van der Waals surface area (Å²) in [5.41, 5.74) is 3.99. The minimum Gasteiger partial charge on any atom is -0.476 e. The van der Waals surface area contributed by atoms with Crippen LogP contribution in [0.5, 0.6) is 0 Å². The Morgan fingerprint density at radius 3 is 2.54 bits per heavy atom. The van der Waals surface area contributed by atoms with Crippen molar-refractivity contribution in [1.82, 2.24) is 14.8 Å². The van der Waals surface area contributed by atoms with Gasteiger partial charge in [0, 0.05) is 28.5 Å². The van der Waals surface area contributed by atoms with Gasteiger partial charge in [0.2, 0.25) is 5.13 Å². The highest BCUT2D eigenvalue weighted by Crippen LogP contribution is 2.39. The molecule has 11 heteroatoms. The van der Waals surface area contributed by atoms with Gasteiger partial charge in [-0.15, -0.1) is 11.3 Å². The molecule has 0 saturated heterocycles. The van der Waals surface area contributed by atoms with E-state index in [9.17, 15) is 22.7 Å². The van der Waals surface area contributed by atoms with Gasteiger partial charge in [-0.05, 0) is 78.8 Å². The smallest absolute Gasteiger partial charge is 0.355 e. The molecular weight excluding hydrogens is 568 g/mol. The van der Waals surface area contributed by atoms with Crippen molar-refractivity contribution in [3.63, 3.8) is 0 Å². The summed E-state index contributed by atoms with van der Waals surface area (Å²) in [7, 11) is -2.78. The van der Waals surface area contributed by atoms with Crippen LogP contribution < -0.4 is 0 Å². The maximum Gasteiger partial charge on any atom is 0.355 e. The molecule has 1 aliphatic carbocycles. The zero-order valence-corrected chi connectivity index (χ0v) is 23.2.